The van der Waals surface area contributed by atoms with Crippen molar-refractivity contribution in [2.75, 3.05) is 26.2 Å². The molecule has 1 amide bonds. The molecule has 156 valence electrons. The molecule has 0 bridgehead atoms. The van der Waals surface area contributed by atoms with Gasteiger partial charge in [-0.2, -0.15) is 0 Å². The van der Waals surface area contributed by atoms with E-state index < -0.39 is 5.41 Å². The number of ketones is 1. The van der Waals surface area contributed by atoms with Crippen LogP contribution in [0, 0.1) is 10.8 Å². The summed E-state index contributed by atoms with van der Waals surface area (Å²) >= 11 is 0. The van der Waals surface area contributed by atoms with Gasteiger partial charge in [0.2, 0.25) is 5.91 Å². The van der Waals surface area contributed by atoms with E-state index in [1.54, 1.807) is 0 Å². The maximum atomic E-state index is 12.8. The van der Waals surface area contributed by atoms with Crippen molar-refractivity contribution >= 4 is 11.7 Å². The van der Waals surface area contributed by atoms with Crippen molar-refractivity contribution in [3.8, 4) is 0 Å². The zero-order chi connectivity index (χ0) is 20.3. The lowest BCUT2D eigenvalue weighted by Gasteiger charge is -2.44. The second kappa shape index (κ2) is 8.60. The van der Waals surface area contributed by atoms with Crippen LogP contribution in [-0.2, 0) is 9.59 Å². The van der Waals surface area contributed by atoms with Crippen molar-refractivity contribution in [3.63, 3.8) is 0 Å². The van der Waals surface area contributed by atoms with E-state index in [2.05, 4.69) is 31.4 Å². The second-order valence-electron chi connectivity index (χ2n) is 10.7. The Morgan fingerprint density at radius 2 is 1.56 bits per heavy atom. The fourth-order valence-electron chi connectivity index (χ4n) is 4.43. The van der Waals surface area contributed by atoms with Crippen LogP contribution in [0.2, 0.25) is 0 Å². The Hall–Kier alpha value is -0.940. The monoisotopic (exact) mass is 379 g/mol. The van der Waals surface area contributed by atoms with Crippen LogP contribution in [0.15, 0.2) is 0 Å². The minimum Gasteiger partial charge on any atom is -0.343 e. The molecule has 2 heterocycles. The summed E-state index contributed by atoms with van der Waals surface area (Å²) in [5.74, 6) is 0.402. The van der Waals surface area contributed by atoms with E-state index in [-0.39, 0.29) is 23.3 Å². The molecule has 0 radical (unpaired) electrons. The molecule has 0 aromatic rings. The zero-order valence-electron chi connectivity index (χ0n) is 18.4. The molecule has 2 fully saturated rings. The third kappa shape index (κ3) is 6.56. The van der Waals surface area contributed by atoms with Crippen molar-refractivity contribution in [2.45, 2.75) is 91.6 Å². The smallest absolute Gasteiger partial charge is 0.222 e. The molecule has 5 heteroatoms. The lowest BCUT2D eigenvalue weighted by Crippen LogP contribution is -2.51. The molecule has 1 atom stereocenters. The first-order valence-corrected chi connectivity index (χ1v) is 10.7. The molecular weight excluding hydrogens is 338 g/mol. The van der Waals surface area contributed by atoms with Crippen LogP contribution < -0.4 is 10.6 Å². The molecule has 0 aromatic carbocycles. The number of Topliss-reactive ketones (excluding diaryl/α,β-unsaturated/α-hetero) is 1. The maximum absolute atomic E-state index is 12.8. The number of hydrogen-bond acceptors (Lipinski definition) is 4. The summed E-state index contributed by atoms with van der Waals surface area (Å²) in [4.78, 5) is 27.7. The molecule has 2 aliphatic rings. The van der Waals surface area contributed by atoms with E-state index in [0.717, 1.165) is 39.0 Å². The van der Waals surface area contributed by atoms with Crippen molar-refractivity contribution in [1.29, 1.82) is 0 Å². The summed E-state index contributed by atoms with van der Waals surface area (Å²) in [6.45, 7) is 16.1. The molecular formula is C22H41N3O2. The number of nitrogens with one attached hydrogen (secondary N) is 2. The number of nitrogens with zero attached hydrogens (tertiary/aromatic N) is 1. The Kier molecular flexibility index (Phi) is 7.12. The fourth-order valence-corrected chi connectivity index (χ4v) is 4.43. The highest BCUT2D eigenvalue weighted by Crippen LogP contribution is 2.39. The van der Waals surface area contributed by atoms with Crippen molar-refractivity contribution in [1.82, 2.24) is 15.5 Å². The lowest BCUT2D eigenvalue weighted by molar-refractivity contribution is -0.134. The van der Waals surface area contributed by atoms with E-state index >= 15 is 0 Å². The molecule has 1 spiro atoms. The fraction of sp³-hybridized carbons (Fsp3) is 0.909. The zero-order valence-corrected chi connectivity index (χ0v) is 18.4. The van der Waals surface area contributed by atoms with Gasteiger partial charge in [-0.3, -0.25) is 9.59 Å². The number of rotatable bonds is 5. The highest BCUT2D eigenvalue weighted by atomic mass is 16.2. The van der Waals surface area contributed by atoms with Crippen molar-refractivity contribution in [3.05, 3.63) is 0 Å². The summed E-state index contributed by atoms with van der Waals surface area (Å²) in [5.41, 5.74) is -0.0970. The van der Waals surface area contributed by atoms with Gasteiger partial charge in [0.25, 0.3) is 0 Å². The number of hydrogen-bond donors (Lipinski definition) is 2. The summed E-state index contributed by atoms with van der Waals surface area (Å²) in [5, 5.41) is 6.88. The molecule has 2 rings (SSSR count). The van der Waals surface area contributed by atoms with Gasteiger partial charge < -0.3 is 15.5 Å². The summed E-state index contributed by atoms with van der Waals surface area (Å²) in [6.07, 6.45) is 5.78. The average molecular weight is 380 g/mol. The molecule has 27 heavy (non-hydrogen) atoms. The first-order chi connectivity index (χ1) is 12.4. The second-order valence-corrected chi connectivity index (χ2v) is 10.7. The minimum absolute atomic E-state index is 0.152. The Bertz CT molecular complexity index is 515. The highest BCUT2D eigenvalue weighted by molar-refractivity contribution is 5.89. The quantitative estimate of drug-likeness (QED) is 0.770. The van der Waals surface area contributed by atoms with Gasteiger partial charge in [-0.25, -0.2) is 0 Å². The van der Waals surface area contributed by atoms with Gasteiger partial charge in [0.05, 0.1) is 6.04 Å². The first kappa shape index (κ1) is 22.4. The van der Waals surface area contributed by atoms with Gasteiger partial charge in [0.1, 0.15) is 0 Å². The van der Waals surface area contributed by atoms with Gasteiger partial charge >= 0.3 is 0 Å². The summed E-state index contributed by atoms with van der Waals surface area (Å²) < 4.78 is 0. The molecule has 5 nitrogen and oxygen atoms in total. The molecule has 2 aliphatic heterocycles. The first-order valence-electron chi connectivity index (χ1n) is 10.7. The van der Waals surface area contributed by atoms with Crippen LogP contribution >= 0.6 is 0 Å². The molecule has 0 aromatic heterocycles. The van der Waals surface area contributed by atoms with Gasteiger partial charge in [0, 0.05) is 30.5 Å². The number of likely N-dealkylation sites (tertiary alicyclic amines) is 1. The Balaban J connectivity index is 1.88. The van der Waals surface area contributed by atoms with Crippen LogP contribution in [0.5, 0.6) is 0 Å². The topological polar surface area (TPSA) is 61.4 Å². The van der Waals surface area contributed by atoms with Gasteiger partial charge in [-0.1, -0.05) is 20.8 Å². The summed E-state index contributed by atoms with van der Waals surface area (Å²) in [6, 6.07) is -0.269. The van der Waals surface area contributed by atoms with Crippen LogP contribution in [0.25, 0.3) is 0 Å². The van der Waals surface area contributed by atoms with E-state index in [0.29, 0.717) is 18.3 Å². The summed E-state index contributed by atoms with van der Waals surface area (Å²) in [7, 11) is 0. The Morgan fingerprint density at radius 3 is 2.04 bits per heavy atom. The highest BCUT2D eigenvalue weighted by Gasteiger charge is 2.37. The SMILES string of the molecule is CC(C)(C)N[C@@H](CCC(=O)N1CCC2(CCNCC2)CC1)C(=O)C(C)(C)C. The molecule has 0 aliphatic carbocycles. The Morgan fingerprint density at radius 1 is 1.00 bits per heavy atom. The largest absolute Gasteiger partial charge is 0.343 e. The lowest BCUT2D eigenvalue weighted by atomic mass is 9.71. The standard InChI is InChI=1S/C22H41N3O2/c1-20(2,3)19(27)17(24-21(4,5)6)7-8-18(26)25-15-11-22(12-16-25)9-13-23-14-10-22/h17,23-24H,7-16H2,1-6H3/t17-/m0/s1. The van der Waals surface area contributed by atoms with Gasteiger partial charge in [-0.05, 0) is 71.4 Å². The molecule has 2 N–H and O–H groups in total. The molecule has 0 saturated carbocycles. The van der Waals surface area contributed by atoms with Crippen LogP contribution in [0.1, 0.15) is 80.1 Å². The van der Waals surface area contributed by atoms with E-state index in [1.807, 2.05) is 25.7 Å². The maximum Gasteiger partial charge on any atom is 0.222 e. The Labute approximate surface area is 166 Å². The molecule has 2 saturated heterocycles. The van der Waals surface area contributed by atoms with Gasteiger partial charge in [0.15, 0.2) is 5.78 Å². The third-order valence-electron chi connectivity index (χ3n) is 6.15. The van der Waals surface area contributed by atoms with E-state index in [4.69, 9.17) is 0 Å². The number of amides is 1. The van der Waals surface area contributed by atoms with Crippen molar-refractivity contribution < 1.29 is 9.59 Å². The predicted molar refractivity (Wildman–Crippen MR) is 111 cm³/mol. The van der Waals surface area contributed by atoms with E-state index in [9.17, 15) is 9.59 Å². The van der Waals surface area contributed by atoms with Crippen LogP contribution in [-0.4, -0.2) is 54.4 Å². The number of carbonyl (C=O) groups excluding carboxylic acids is 2. The van der Waals surface area contributed by atoms with Crippen molar-refractivity contribution in [2.24, 2.45) is 10.8 Å². The number of carbonyl (C=O) groups is 2. The van der Waals surface area contributed by atoms with Gasteiger partial charge in [-0.15, -0.1) is 0 Å². The van der Waals surface area contributed by atoms with Crippen LogP contribution in [0.4, 0.5) is 0 Å². The normalized spacial score (nSPS) is 21.9. The third-order valence-corrected chi connectivity index (χ3v) is 6.15. The average Bonchev–Trinajstić information content (AvgIpc) is 2.57. The number of piperidine rings is 2. The van der Waals surface area contributed by atoms with E-state index in [1.165, 1.54) is 12.8 Å². The molecule has 0 unspecified atom stereocenters. The minimum atomic E-state index is -0.404. The van der Waals surface area contributed by atoms with Crippen LogP contribution in [0.3, 0.4) is 0 Å². The predicted octanol–water partition coefficient (Wildman–Crippen LogP) is 3.13.